The molecule has 0 spiro atoms. The maximum Gasteiger partial charge on any atom is 0.252 e. The van der Waals surface area contributed by atoms with Crippen molar-refractivity contribution in [2.24, 2.45) is 0 Å². The highest BCUT2D eigenvalue weighted by molar-refractivity contribution is 9.09. The second-order valence-corrected chi connectivity index (χ2v) is 14.6. The fourth-order valence-electron chi connectivity index (χ4n) is 2.47. The predicted octanol–water partition coefficient (Wildman–Crippen LogP) is 5.83. The summed E-state index contributed by atoms with van der Waals surface area (Å²) in [7, 11) is -4.11. The third-order valence-corrected chi connectivity index (χ3v) is 13.0. The minimum absolute atomic E-state index is 0.226. The Kier molecular flexibility index (Phi) is 11.2. The quantitative estimate of drug-likeness (QED) is 0.229. The molecule has 2 aromatic rings. The highest BCUT2D eigenvalue weighted by Crippen LogP contribution is 2.43. The average molecular weight is 521 g/mol. The Balaban J connectivity index is 2.15. The molecule has 11 heteroatoms. The molecule has 0 aromatic heterocycles. The van der Waals surface area contributed by atoms with Crippen LogP contribution in [0, 0.1) is 0 Å². The molecule has 0 amide bonds. The average Bonchev–Trinajstić information content (AvgIpc) is 2.79. The highest BCUT2D eigenvalue weighted by atomic mass is 33.5. The molecule has 2 aromatic carbocycles. The van der Waals surface area contributed by atoms with Crippen LogP contribution >= 0.6 is 31.8 Å². The van der Waals surface area contributed by atoms with Crippen LogP contribution in [0.4, 0.5) is 0 Å². The first kappa shape index (κ1) is 26.6. The van der Waals surface area contributed by atoms with E-state index < -0.39 is 20.0 Å². The van der Waals surface area contributed by atoms with Crippen molar-refractivity contribution in [3.63, 3.8) is 0 Å². The summed E-state index contributed by atoms with van der Waals surface area (Å²) in [6.45, 7) is 4.70. The van der Waals surface area contributed by atoms with E-state index in [0.29, 0.717) is 25.9 Å². The van der Waals surface area contributed by atoms with E-state index in [-0.39, 0.29) is 9.79 Å². The van der Waals surface area contributed by atoms with Crippen LogP contribution in [0.2, 0.25) is 0 Å². The second kappa shape index (κ2) is 13.1. The molecular weight excluding hydrogens is 493 g/mol. The van der Waals surface area contributed by atoms with E-state index in [9.17, 15) is 16.8 Å². The molecular formula is C20H28N2O4S5. The minimum Gasteiger partial charge on any atom is -0.206 e. The van der Waals surface area contributed by atoms with Gasteiger partial charge in [0, 0.05) is 44.9 Å². The van der Waals surface area contributed by atoms with Gasteiger partial charge in [0.2, 0.25) is 0 Å². The lowest BCUT2D eigenvalue weighted by molar-refractivity contribution is 0.533. The van der Waals surface area contributed by atoms with Crippen LogP contribution in [0.3, 0.4) is 0 Å². The van der Waals surface area contributed by atoms with E-state index in [1.165, 1.54) is 7.42 Å². The van der Waals surface area contributed by atoms with E-state index in [4.69, 9.17) is 0 Å². The fourth-order valence-corrected chi connectivity index (χ4v) is 11.6. The summed E-state index contributed by atoms with van der Waals surface area (Å²) in [5.41, 5.74) is 0. The number of sulfonamides is 2. The largest absolute Gasteiger partial charge is 0.252 e. The van der Waals surface area contributed by atoms with Crippen molar-refractivity contribution in [2.75, 3.05) is 13.1 Å². The zero-order valence-corrected chi connectivity index (χ0v) is 21.7. The first-order valence-electron chi connectivity index (χ1n) is 10.0. The number of rotatable bonds is 14. The zero-order chi connectivity index (χ0) is 22.7. The first-order valence-corrected chi connectivity index (χ1v) is 16.3. The molecule has 0 aliphatic carbocycles. The van der Waals surface area contributed by atoms with E-state index in [0.717, 1.165) is 44.6 Å². The summed E-state index contributed by atoms with van der Waals surface area (Å²) >= 11 is 0. The fraction of sp³-hybridized carbons (Fsp3) is 0.400. The van der Waals surface area contributed by atoms with Gasteiger partial charge in [-0.1, -0.05) is 63.1 Å². The summed E-state index contributed by atoms with van der Waals surface area (Å²) in [5.74, 6) is 0. The molecule has 0 saturated heterocycles. The van der Waals surface area contributed by atoms with E-state index >= 15 is 0 Å². The van der Waals surface area contributed by atoms with Crippen molar-refractivity contribution < 1.29 is 16.8 Å². The van der Waals surface area contributed by atoms with Crippen LogP contribution < -0.4 is 0 Å². The van der Waals surface area contributed by atoms with Crippen molar-refractivity contribution in [2.45, 2.75) is 49.3 Å². The van der Waals surface area contributed by atoms with Gasteiger partial charge >= 0.3 is 0 Å². The molecule has 0 radical (unpaired) electrons. The monoisotopic (exact) mass is 520 g/mol. The topological polar surface area (TPSA) is 74.8 Å². The highest BCUT2D eigenvalue weighted by Gasteiger charge is 2.28. The van der Waals surface area contributed by atoms with Gasteiger partial charge in [-0.2, -0.15) is 0 Å². The summed E-state index contributed by atoms with van der Waals surface area (Å²) in [4.78, 5) is 0.452. The molecule has 0 aliphatic rings. The molecule has 0 unspecified atom stereocenters. The Hall–Kier alpha value is -0.690. The summed E-state index contributed by atoms with van der Waals surface area (Å²) in [5, 5.41) is 0. The minimum atomic E-state index is -3.68. The number of hydrogen-bond donors (Lipinski definition) is 0. The van der Waals surface area contributed by atoms with Crippen molar-refractivity contribution in [1.29, 1.82) is 0 Å². The lowest BCUT2D eigenvalue weighted by atomic mass is 10.3. The first-order chi connectivity index (χ1) is 14.8. The molecule has 6 nitrogen and oxygen atoms in total. The molecule has 172 valence electrons. The van der Waals surface area contributed by atoms with Gasteiger partial charge in [0.1, 0.15) is 0 Å². The Morgan fingerprint density at radius 1 is 0.645 bits per heavy atom. The standard InChI is InChI=1S/C20H28N2O4S5/c1-3-5-17-21(30(23,24)19-13-9-7-10-14-19)27-29-28-22(18-6-4-2)31(25,26)20-15-11-8-12-16-20/h7-16H,3-6,17-18H2,1-2H3. The summed E-state index contributed by atoms with van der Waals surface area (Å²) in [6, 6.07) is 16.6. The SMILES string of the molecule is CCCCN(SSSN(CCCC)S(=O)(=O)c1ccccc1)S(=O)(=O)c1ccccc1. The summed E-state index contributed by atoms with van der Waals surface area (Å²) in [6.07, 6.45) is 3.13. The van der Waals surface area contributed by atoms with Crippen LogP contribution in [0.5, 0.6) is 0 Å². The third-order valence-electron chi connectivity index (χ3n) is 4.23. The molecule has 0 saturated carbocycles. The molecule has 0 fully saturated rings. The van der Waals surface area contributed by atoms with Gasteiger partial charge in [-0.3, -0.25) is 0 Å². The van der Waals surface area contributed by atoms with E-state index in [1.54, 1.807) is 60.7 Å². The number of benzene rings is 2. The van der Waals surface area contributed by atoms with Crippen LogP contribution in [0.15, 0.2) is 70.5 Å². The van der Waals surface area contributed by atoms with Gasteiger partial charge in [0.05, 0.1) is 9.79 Å². The van der Waals surface area contributed by atoms with Crippen LogP contribution in [-0.4, -0.2) is 37.3 Å². The summed E-state index contributed by atoms with van der Waals surface area (Å²) < 4.78 is 54.9. The third kappa shape index (κ3) is 7.69. The van der Waals surface area contributed by atoms with Crippen molar-refractivity contribution in [3.05, 3.63) is 60.7 Å². The lowest BCUT2D eigenvalue weighted by Gasteiger charge is -2.23. The van der Waals surface area contributed by atoms with Gasteiger partial charge in [-0.15, -0.1) is 7.42 Å². The molecule has 0 heterocycles. The Bertz CT molecular complexity index is 905. The van der Waals surface area contributed by atoms with Crippen molar-refractivity contribution >= 4 is 51.8 Å². The molecule has 0 atom stereocenters. The Morgan fingerprint density at radius 2 is 1.00 bits per heavy atom. The van der Waals surface area contributed by atoms with Gasteiger partial charge in [0.25, 0.3) is 20.0 Å². The van der Waals surface area contributed by atoms with E-state index in [1.807, 2.05) is 13.8 Å². The molecule has 0 N–H and O–H groups in total. The normalized spacial score (nSPS) is 12.5. The predicted molar refractivity (Wildman–Crippen MR) is 133 cm³/mol. The van der Waals surface area contributed by atoms with E-state index in [2.05, 4.69) is 0 Å². The molecule has 2 rings (SSSR count). The van der Waals surface area contributed by atoms with Crippen LogP contribution in [0.25, 0.3) is 0 Å². The lowest BCUT2D eigenvalue weighted by Crippen LogP contribution is -2.26. The number of hydrogen-bond acceptors (Lipinski definition) is 7. The molecule has 0 aliphatic heterocycles. The van der Waals surface area contributed by atoms with Crippen LogP contribution in [0.1, 0.15) is 39.5 Å². The van der Waals surface area contributed by atoms with Gasteiger partial charge in [0.15, 0.2) is 0 Å². The Labute approximate surface area is 198 Å². The second-order valence-electron chi connectivity index (χ2n) is 6.61. The van der Waals surface area contributed by atoms with Gasteiger partial charge < -0.3 is 0 Å². The maximum absolute atomic E-state index is 13.1. The van der Waals surface area contributed by atoms with Gasteiger partial charge in [-0.25, -0.2) is 16.8 Å². The molecule has 0 bridgehead atoms. The maximum atomic E-state index is 13.1. The number of nitrogens with zero attached hydrogens (tertiary/aromatic N) is 2. The zero-order valence-electron chi connectivity index (χ0n) is 17.6. The van der Waals surface area contributed by atoms with Crippen molar-refractivity contribution in [1.82, 2.24) is 7.42 Å². The van der Waals surface area contributed by atoms with Crippen molar-refractivity contribution in [3.8, 4) is 0 Å². The van der Waals surface area contributed by atoms with Gasteiger partial charge in [-0.05, 0) is 37.1 Å². The number of unbranched alkanes of at least 4 members (excludes halogenated alkanes) is 2. The smallest absolute Gasteiger partial charge is 0.206 e. The van der Waals surface area contributed by atoms with Crippen LogP contribution in [-0.2, 0) is 20.0 Å². The molecule has 31 heavy (non-hydrogen) atoms. The Morgan fingerprint density at radius 3 is 1.32 bits per heavy atom.